The first kappa shape index (κ1) is 16.7. The first-order valence-corrected chi connectivity index (χ1v) is 8.35. The van der Waals surface area contributed by atoms with Crippen molar-refractivity contribution in [2.45, 2.75) is 65.0 Å². The van der Waals surface area contributed by atoms with Crippen LogP contribution in [0.15, 0.2) is 10.7 Å². The number of methoxy groups -OCH3 is 1. The van der Waals surface area contributed by atoms with Gasteiger partial charge in [0.2, 0.25) is 5.78 Å². The molecule has 0 radical (unpaired) electrons. The summed E-state index contributed by atoms with van der Waals surface area (Å²) in [5.41, 5.74) is 0.217. The topological polar surface area (TPSA) is 44.1 Å². The number of carbonyl (C=O) groups is 1. The van der Waals surface area contributed by atoms with Crippen LogP contribution in [0.25, 0.3) is 0 Å². The Morgan fingerprint density at radius 1 is 1.33 bits per heavy atom. The van der Waals surface area contributed by atoms with Crippen LogP contribution < -0.4 is 0 Å². The van der Waals surface area contributed by atoms with Crippen molar-refractivity contribution in [3.8, 4) is 0 Å². The molecule has 0 aliphatic heterocycles. The Morgan fingerprint density at radius 3 is 2.38 bits per heavy atom. The van der Waals surface area contributed by atoms with Gasteiger partial charge in [-0.2, -0.15) is 5.10 Å². The van der Waals surface area contributed by atoms with Gasteiger partial charge in [-0.15, -0.1) is 0 Å². The summed E-state index contributed by atoms with van der Waals surface area (Å²) in [5.74, 6) is 0.0542. The molecule has 118 valence electrons. The van der Waals surface area contributed by atoms with E-state index in [2.05, 4.69) is 34.9 Å². The SMILES string of the molecule is COC1(C(=O)c2c(Br)cnn2C(C)C)CCC(C)(C)CC1. The van der Waals surface area contributed by atoms with Crippen LogP contribution in [0.3, 0.4) is 0 Å². The Labute approximate surface area is 135 Å². The van der Waals surface area contributed by atoms with Crippen molar-refractivity contribution in [3.05, 3.63) is 16.4 Å². The maximum atomic E-state index is 13.2. The van der Waals surface area contributed by atoms with Crippen LogP contribution in [0.4, 0.5) is 0 Å². The molecule has 0 aromatic carbocycles. The highest BCUT2D eigenvalue weighted by Gasteiger charge is 2.46. The van der Waals surface area contributed by atoms with Gasteiger partial charge in [0, 0.05) is 13.2 Å². The quantitative estimate of drug-likeness (QED) is 0.751. The van der Waals surface area contributed by atoms with Crippen LogP contribution in [0.2, 0.25) is 0 Å². The zero-order valence-electron chi connectivity index (χ0n) is 13.6. The van der Waals surface area contributed by atoms with Crippen molar-refractivity contribution >= 4 is 21.7 Å². The molecule has 0 unspecified atom stereocenters. The van der Waals surface area contributed by atoms with E-state index in [9.17, 15) is 4.79 Å². The summed E-state index contributed by atoms with van der Waals surface area (Å²) in [6.07, 6.45) is 5.24. The van der Waals surface area contributed by atoms with Gasteiger partial charge in [0.25, 0.3) is 0 Å². The second kappa shape index (κ2) is 5.84. The van der Waals surface area contributed by atoms with E-state index in [-0.39, 0.29) is 17.2 Å². The molecule has 0 saturated heterocycles. The lowest BCUT2D eigenvalue weighted by Crippen LogP contribution is -2.46. The van der Waals surface area contributed by atoms with Gasteiger partial charge >= 0.3 is 0 Å². The number of rotatable bonds is 4. The second-order valence-corrected chi connectivity index (χ2v) is 7.93. The minimum Gasteiger partial charge on any atom is -0.370 e. The van der Waals surface area contributed by atoms with Crippen LogP contribution in [0.5, 0.6) is 0 Å². The molecule has 1 aromatic rings. The molecule has 0 N–H and O–H groups in total. The second-order valence-electron chi connectivity index (χ2n) is 7.07. The van der Waals surface area contributed by atoms with Gasteiger partial charge in [0.1, 0.15) is 11.3 Å². The standard InChI is InChI=1S/C16H25BrN2O2/c1-11(2)19-13(12(17)10-18-19)14(20)16(21-5)8-6-15(3,4)7-9-16/h10-11H,6-9H2,1-5H3. The summed E-state index contributed by atoms with van der Waals surface area (Å²) < 4.78 is 8.27. The van der Waals surface area contributed by atoms with E-state index in [0.717, 1.165) is 30.2 Å². The van der Waals surface area contributed by atoms with Crippen LogP contribution >= 0.6 is 15.9 Å². The van der Waals surface area contributed by atoms with E-state index in [1.807, 2.05) is 13.8 Å². The number of nitrogens with zero attached hydrogens (tertiary/aromatic N) is 2. The van der Waals surface area contributed by atoms with Crippen molar-refractivity contribution in [3.63, 3.8) is 0 Å². The van der Waals surface area contributed by atoms with E-state index in [1.54, 1.807) is 18.0 Å². The summed E-state index contributed by atoms with van der Waals surface area (Å²) in [7, 11) is 1.65. The maximum absolute atomic E-state index is 13.2. The van der Waals surface area contributed by atoms with Crippen molar-refractivity contribution in [1.82, 2.24) is 9.78 Å². The average molecular weight is 357 g/mol. The van der Waals surface area contributed by atoms with Gasteiger partial charge in [0.15, 0.2) is 0 Å². The molecule has 21 heavy (non-hydrogen) atoms. The van der Waals surface area contributed by atoms with Gasteiger partial charge in [0.05, 0.1) is 10.7 Å². The Bertz CT molecular complexity index is 524. The fourth-order valence-corrected chi connectivity index (χ4v) is 3.47. The van der Waals surface area contributed by atoms with Crippen molar-refractivity contribution in [1.29, 1.82) is 0 Å². The molecular weight excluding hydrogens is 332 g/mol. The van der Waals surface area contributed by atoms with E-state index in [1.165, 1.54) is 0 Å². The third-order valence-electron chi connectivity index (χ3n) is 4.67. The highest BCUT2D eigenvalue weighted by atomic mass is 79.9. The van der Waals surface area contributed by atoms with Gasteiger partial charge in [-0.1, -0.05) is 13.8 Å². The highest BCUT2D eigenvalue weighted by molar-refractivity contribution is 9.10. The number of hydrogen-bond acceptors (Lipinski definition) is 3. The smallest absolute Gasteiger partial charge is 0.213 e. The zero-order chi connectivity index (χ0) is 15.8. The molecule has 5 heteroatoms. The molecule has 1 heterocycles. The Kier molecular flexibility index (Phi) is 4.64. The molecule has 4 nitrogen and oxygen atoms in total. The lowest BCUT2D eigenvalue weighted by atomic mass is 9.69. The third kappa shape index (κ3) is 3.09. The summed E-state index contributed by atoms with van der Waals surface area (Å²) in [5, 5.41) is 4.32. The summed E-state index contributed by atoms with van der Waals surface area (Å²) >= 11 is 3.47. The fourth-order valence-electron chi connectivity index (χ4n) is 3.02. The number of aromatic nitrogens is 2. The molecule has 1 aliphatic rings. The number of ketones is 1. The molecule has 0 atom stereocenters. The van der Waals surface area contributed by atoms with Crippen molar-refractivity contribution in [2.24, 2.45) is 5.41 Å². The summed E-state index contributed by atoms with van der Waals surface area (Å²) in [4.78, 5) is 13.2. The largest absolute Gasteiger partial charge is 0.370 e. The number of ether oxygens (including phenoxy) is 1. The molecule has 0 amide bonds. The van der Waals surface area contributed by atoms with Gasteiger partial charge in [-0.3, -0.25) is 9.48 Å². The van der Waals surface area contributed by atoms with Crippen LogP contribution in [0, 0.1) is 5.41 Å². The Balaban J connectivity index is 2.36. The lowest BCUT2D eigenvalue weighted by molar-refractivity contribution is -0.0390. The number of carbonyl (C=O) groups excluding carboxylic acids is 1. The highest BCUT2D eigenvalue weighted by Crippen LogP contribution is 2.44. The molecule has 2 rings (SSSR count). The molecule has 0 bridgehead atoms. The molecular formula is C16H25BrN2O2. The fraction of sp³-hybridized carbons (Fsp3) is 0.750. The number of Topliss-reactive ketones (excluding diaryl/α,β-unsaturated/α-hetero) is 1. The van der Waals surface area contributed by atoms with E-state index < -0.39 is 5.60 Å². The van der Waals surface area contributed by atoms with Crippen LogP contribution in [-0.2, 0) is 4.74 Å². The Hall–Kier alpha value is -0.680. The first-order valence-electron chi connectivity index (χ1n) is 7.55. The minimum atomic E-state index is -0.704. The minimum absolute atomic E-state index is 0.0542. The average Bonchev–Trinajstić information content (AvgIpc) is 2.81. The predicted molar refractivity (Wildman–Crippen MR) is 86.6 cm³/mol. The molecule has 1 fully saturated rings. The summed E-state index contributed by atoms with van der Waals surface area (Å²) in [6.45, 7) is 8.57. The molecule has 1 aromatic heterocycles. The van der Waals surface area contributed by atoms with E-state index >= 15 is 0 Å². The van der Waals surface area contributed by atoms with Crippen molar-refractivity contribution < 1.29 is 9.53 Å². The normalized spacial score (nSPS) is 20.7. The van der Waals surface area contributed by atoms with Gasteiger partial charge in [-0.25, -0.2) is 0 Å². The van der Waals surface area contributed by atoms with Gasteiger partial charge in [-0.05, 0) is 60.9 Å². The van der Waals surface area contributed by atoms with E-state index in [4.69, 9.17) is 4.74 Å². The van der Waals surface area contributed by atoms with Crippen molar-refractivity contribution in [2.75, 3.05) is 7.11 Å². The summed E-state index contributed by atoms with van der Waals surface area (Å²) in [6, 6.07) is 0.143. The lowest BCUT2D eigenvalue weighted by Gasteiger charge is -2.41. The number of hydrogen-bond donors (Lipinski definition) is 0. The first-order chi connectivity index (χ1) is 9.72. The van der Waals surface area contributed by atoms with Gasteiger partial charge < -0.3 is 4.74 Å². The number of halogens is 1. The molecule has 0 spiro atoms. The maximum Gasteiger partial charge on any atom is 0.213 e. The van der Waals surface area contributed by atoms with Crippen LogP contribution in [-0.4, -0.2) is 28.3 Å². The zero-order valence-corrected chi connectivity index (χ0v) is 15.2. The van der Waals surface area contributed by atoms with Crippen LogP contribution in [0.1, 0.15) is 69.9 Å². The van der Waals surface area contributed by atoms with E-state index in [0.29, 0.717) is 5.69 Å². The molecule has 1 aliphatic carbocycles. The monoisotopic (exact) mass is 356 g/mol. The third-order valence-corrected chi connectivity index (χ3v) is 5.25. The Morgan fingerprint density at radius 2 is 1.90 bits per heavy atom. The predicted octanol–water partition coefficient (Wildman–Crippen LogP) is 4.39. The molecule has 1 saturated carbocycles.